The van der Waals surface area contributed by atoms with Crippen molar-refractivity contribution in [3.63, 3.8) is 0 Å². The molecule has 1 aromatic heterocycles. The second-order valence-electron chi connectivity index (χ2n) is 2.75. The zero-order valence-corrected chi connectivity index (χ0v) is 10.2. The van der Waals surface area contributed by atoms with E-state index in [4.69, 9.17) is 5.73 Å². The molecule has 0 aliphatic rings. The van der Waals surface area contributed by atoms with Crippen molar-refractivity contribution in [3.05, 3.63) is 25.4 Å². The number of ether oxygens (including phenoxy) is 1. The van der Waals surface area contributed by atoms with E-state index >= 15 is 0 Å². The topological polar surface area (TPSA) is 91.3 Å². The van der Waals surface area contributed by atoms with Gasteiger partial charge in [0.15, 0.2) is 11.4 Å². The van der Waals surface area contributed by atoms with E-state index in [0.29, 0.717) is 6.07 Å². The third-order valence-electron chi connectivity index (χ3n) is 1.59. The maximum atomic E-state index is 12.0. The summed E-state index contributed by atoms with van der Waals surface area (Å²) < 4.78 is 39.8. The minimum Gasteiger partial charge on any atom is -0.404 e. The molecule has 10 heteroatoms. The fourth-order valence-electron chi connectivity index (χ4n) is 0.970. The molecule has 0 amide bonds. The van der Waals surface area contributed by atoms with Crippen LogP contribution in [-0.2, 0) is 6.54 Å². The van der Waals surface area contributed by atoms with Gasteiger partial charge in [-0.15, -0.1) is 13.2 Å². The Labute approximate surface area is 106 Å². The van der Waals surface area contributed by atoms with Crippen molar-refractivity contribution in [1.82, 2.24) is 4.98 Å². The minimum atomic E-state index is -4.93. The Morgan fingerprint density at radius 2 is 2.18 bits per heavy atom. The van der Waals surface area contributed by atoms with Crippen LogP contribution in [0.15, 0.2) is 6.07 Å². The van der Waals surface area contributed by atoms with Crippen LogP contribution >= 0.6 is 22.6 Å². The standard InChI is InChI=1S/C7H5F3IN3O3/c8-7(9,10)17-4-1-5(14(15)16)13-3(2-12)6(4)11/h1H,2,12H2. The number of hydrogen-bond acceptors (Lipinski definition) is 5. The lowest BCUT2D eigenvalue weighted by atomic mass is 10.3. The number of halogens is 4. The fourth-order valence-corrected chi connectivity index (χ4v) is 1.58. The van der Waals surface area contributed by atoms with Crippen molar-refractivity contribution >= 4 is 28.4 Å². The second kappa shape index (κ2) is 5.00. The Morgan fingerprint density at radius 3 is 2.59 bits per heavy atom. The molecule has 6 nitrogen and oxygen atoms in total. The number of nitro groups is 1. The summed E-state index contributed by atoms with van der Waals surface area (Å²) >= 11 is 1.53. The van der Waals surface area contributed by atoms with Crippen molar-refractivity contribution < 1.29 is 22.8 Å². The van der Waals surface area contributed by atoms with Gasteiger partial charge in [-0.1, -0.05) is 0 Å². The zero-order chi connectivity index (χ0) is 13.2. The number of hydrogen-bond donors (Lipinski definition) is 1. The third kappa shape index (κ3) is 3.66. The predicted octanol–water partition coefficient (Wildman–Crippen LogP) is 1.95. The summed E-state index contributed by atoms with van der Waals surface area (Å²) in [5, 5.41) is 10.5. The first kappa shape index (κ1) is 13.9. The number of pyridine rings is 1. The quantitative estimate of drug-likeness (QED) is 0.504. The van der Waals surface area contributed by atoms with Crippen LogP contribution in [0.1, 0.15) is 5.69 Å². The van der Waals surface area contributed by atoms with Crippen molar-refractivity contribution in [2.45, 2.75) is 12.9 Å². The normalized spacial score (nSPS) is 11.4. The average Bonchev–Trinajstić information content (AvgIpc) is 2.18. The molecule has 1 heterocycles. The molecule has 0 aromatic carbocycles. The molecule has 0 atom stereocenters. The minimum absolute atomic E-state index is 0.00646. The number of alkyl halides is 3. The van der Waals surface area contributed by atoms with E-state index in [1.54, 1.807) is 0 Å². The number of rotatable bonds is 3. The van der Waals surface area contributed by atoms with Gasteiger partial charge in [0.2, 0.25) is 0 Å². The Hall–Kier alpha value is -1.17. The lowest BCUT2D eigenvalue weighted by Gasteiger charge is -2.10. The first-order valence-corrected chi connectivity index (χ1v) is 5.12. The first-order chi connectivity index (χ1) is 7.74. The van der Waals surface area contributed by atoms with Gasteiger partial charge >= 0.3 is 12.2 Å². The summed E-state index contributed by atoms with van der Waals surface area (Å²) in [5.74, 6) is -1.43. The summed E-state index contributed by atoms with van der Waals surface area (Å²) in [6, 6.07) is 0.606. The summed E-state index contributed by atoms with van der Waals surface area (Å²) in [7, 11) is 0. The van der Waals surface area contributed by atoms with Crippen LogP contribution in [0.4, 0.5) is 19.0 Å². The van der Waals surface area contributed by atoms with Crippen molar-refractivity contribution in [2.75, 3.05) is 0 Å². The maximum absolute atomic E-state index is 12.0. The van der Waals surface area contributed by atoms with E-state index in [1.807, 2.05) is 0 Å². The Balaban J connectivity index is 3.28. The SMILES string of the molecule is NCc1nc([N+](=O)[O-])cc(OC(F)(F)F)c1I. The van der Waals surface area contributed by atoms with Gasteiger partial charge in [0.1, 0.15) is 3.57 Å². The highest BCUT2D eigenvalue weighted by molar-refractivity contribution is 14.1. The molecule has 94 valence electrons. The predicted molar refractivity (Wildman–Crippen MR) is 58.2 cm³/mol. The van der Waals surface area contributed by atoms with Crippen LogP contribution in [0.5, 0.6) is 5.75 Å². The van der Waals surface area contributed by atoms with E-state index in [9.17, 15) is 23.3 Å². The van der Waals surface area contributed by atoms with Gasteiger partial charge in [-0.3, -0.25) is 0 Å². The van der Waals surface area contributed by atoms with Crippen molar-refractivity contribution in [2.24, 2.45) is 5.73 Å². The van der Waals surface area contributed by atoms with Crippen molar-refractivity contribution in [1.29, 1.82) is 0 Å². The molecule has 0 spiro atoms. The first-order valence-electron chi connectivity index (χ1n) is 4.04. The monoisotopic (exact) mass is 363 g/mol. The number of nitrogens with two attached hydrogens (primary N) is 1. The van der Waals surface area contributed by atoms with Gasteiger partial charge in [0.25, 0.3) is 0 Å². The van der Waals surface area contributed by atoms with Gasteiger partial charge in [-0.25, -0.2) is 0 Å². The summed E-state index contributed by atoms with van der Waals surface area (Å²) in [5.41, 5.74) is 5.20. The zero-order valence-electron chi connectivity index (χ0n) is 7.99. The largest absolute Gasteiger partial charge is 0.573 e. The van der Waals surface area contributed by atoms with Crippen LogP contribution in [0.2, 0.25) is 0 Å². The van der Waals surface area contributed by atoms with Crippen LogP contribution < -0.4 is 10.5 Å². The highest BCUT2D eigenvalue weighted by Gasteiger charge is 2.34. The van der Waals surface area contributed by atoms with E-state index in [1.165, 1.54) is 22.6 Å². The molecule has 0 radical (unpaired) electrons. The third-order valence-corrected chi connectivity index (χ3v) is 2.74. The molecule has 0 saturated carbocycles. The number of nitrogens with zero attached hydrogens (tertiary/aromatic N) is 2. The maximum Gasteiger partial charge on any atom is 0.573 e. The molecule has 0 bridgehead atoms. The van der Waals surface area contributed by atoms with Crippen LogP contribution in [-0.4, -0.2) is 16.3 Å². The lowest BCUT2D eigenvalue weighted by molar-refractivity contribution is -0.389. The van der Waals surface area contributed by atoms with Crippen molar-refractivity contribution in [3.8, 4) is 5.75 Å². The molecular formula is C7H5F3IN3O3. The molecule has 0 fully saturated rings. The lowest BCUT2D eigenvalue weighted by Crippen LogP contribution is -2.19. The van der Waals surface area contributed by atoms with Gasteiger partial charge in [-0.05, 0) is 32.5 Å². The Bertz CT molecular complexity index is 452. The fraction of sp³-hybridized carbons (Fsp3) is 0.286. The number of aromatic nitrogens is 1. The van der Waals surface area contributed by atoms with Crippen LogP contribution in [0, 0.1) is 13.7 Å². The highest BCUT2D eigenvalue weighted by Crippen LogP contribution is 2.31. The summed E-state index contributed by atoms with van der Waals surface area (Å²) in [6.45, 7) is -0.228. The van der Waals surface area contributed by atoms with Gasteiger partial charge < -0.3 is 20.6 Å². The van der Waals surface area contributed by atoms with E-state index in [2.05, 4.69) is 9.72 Å². The van der Waals surface area contributed by atoms with E-state index < -0.39 is 22.9 Å². The van der Waals surface area contributed by atoms with E-state index in [-0.39, 0.29) is 15.8 Å². The molecule has 0 saturated heterocycles. The van der Waals surface area contributed by atoms with Gasteiger partial charge in [-0.2, -0.15) is 0 Å². The summed E-state index contributed by atoms with van der Waals surface area (Å²) in [6.07, 6.45) is -4.93. The van der Waals surface area contributed by atoms with Gasteiger partial charge in [0, 0.05) is 0 Å². The van der Waals surface area contributed by atoms with Crippen LogP contribution in [0.25, 0.3) is 0 Å². The summed E-state index contributed by atoms with van der Waals surface area (Å²) in [4.78, 5) is 13.0. The smallest absolute Gasteiger partial charge is 0.404 e. The van der Waals surface area contributed by atoms with E-state index in [0.717, 1.165) is 0 Å². The Morgan fingerprint density at radius 1 is 1.59 bits per heavy atom. The molecule has 1 aromatic rings. The molecule has 0 aliphatic carbocycles. The molecule has 17 heavy (non-hydrogen) atoms. The molecule has 0 unspecified atom stereocenters. The molecule has 0 aliphatic heterocycles. The molecule has 2 N–H and O–H groups in total. The second-order valence-corrected chi connectivity index (χ2v) is 3.83. The van der Waals surface area contributed by atoms with Gasteiger partial charge in [0.05, 0.1) is 12.6 Å². The average molecular weight is 363 g/mol. The highest BCUT2D eigenvalue weighted by atomic mass is 127. The molecular weight excluding hydrogens is 358 g/mol. The Kier molecular flexibility index (Phi) is 4.08. The molecule has 1 rings (SSSR count). The van der Waals surface area contributed by atoms with Crippen LogP contribution in [0.3, 0.4) is 0 Å².